The third kappa shape index (κ3) is 2.59. The lowest BCUT2D eigenvalue weighted by molar-refractivity contribution is 0.500. The van der Waals surface area contributed by atoms with E-state index in [2.05, 4.69) is 22.8 Å². The van der Waals surface area contributed by atoms with E-state index >= 15 is 0 Å². The van der Waals surface area contributed by atoms with Crippen molar-refractivity contribution in [1.82, 2.24) is 0 Å². The zero-order chi connectivity index (χ0) is 13.1. The fraction of sp³-hybridized carbons (Fsp3) is 1.00. The van der Waals surface area contributed by atoms with Crippen LogP contribution < -0.4 is 5.50 Å². The Labute approximate surface area is 130 Å². The summed E-state index contributed by atoms with van der Waals surface area (Å²) < 4.78 is -0.716. The molecule has 0 aromatic heterocycles. The highest BCUT2D eigenvalue weighted by atomic mass is 33.2. The quantitative estimate of drug-likeness (QED) is 0.706. The van der Waals surface area contributed by atoms with Crippen LogP contribution in [0.3, 0.4) is 0 Å². The SMILES string of the molecule is NP(=S)(SC12CCC(CC1)C2)SC12CCC(CC1)C2. The Hall–Kier alpha value is 1.31. The predicted octanol–water partition coefficient (Wildman–Crippen LogP) is 5.30. The second kappa shape index (κ2) is 4.65. The molecule has 0 aromatic carbocycles. The fourth-order valence-electron chi connectivity index (χ4n) is 5.09. The van der Waals surface area contributed by atoms with E-state index in [9.17, 15) is 0 Å². The van der Waals surface area contributed by atoms with Crippen molar-refractivity contribution in [3.63, 3.8) is 0 Å². The first kappa shape index (κ1) is 13.9. The van der Waals surface area contributed by atoms with Gasteiger partial charge in [0.05, 0.1) is 0 Å². The Morgan fingerprint density at radius 2 is 1.21 bits per heavy atom. The number of hydrogen-bond donors (Lipinski definition) is 1. The minimum Gasteiger partial charge on any atom is -0.287 e. The predicted molar refractivity (Wildman–Crippen MR) is 92.3 cm³/mol. The van der Waals surface area contributed by atoms with E-state index in [4.69, 9.17) is 17.3 Å². The van der Waals surface area contributed by atoms with Gasteiger partial charge in [-0.25, -0.2) is 0 Å². The van der Waals surface area contributed by atoms with Gasteiger partial charge in [-0.15, -0.1) is 0 Å². The van der Waals surface area contributed by atoms with Crippen molar-refractivity contribution in [2.45, 2.75) is 73.7 Å². The standard InChI is InChI=1S/C14H24NPS3/c15-16(17,18-13-5-1-11(9-13)2-6-13)19-14-7-3-12(10-14)4-8-14/h11-12H,1-10H2,(H2,15,17). The molecule has 4 aliphatic carbocycles. The van der Waals surface area contributed by atoms with Gasteiger partial charge < -0.3 is 0 Å². The van der Waals surface area contributed by atoms with Crippen molar-refractivity contribution >= 4 is 39.2 Å². The van der Waals surface area contributed by atoms with Gasteiger partial charge in [0.15, 0.2) is 0 Å². The maximum Gasteiger partial charge on any atom is 0.116 e. The third-order valence-corrected chi connectivity index (χ3v) is 15.0. The van der Waals surface area contributed by atoms with Crippen LogP contribution in [0.2, 0.25) is 0 Å². The van der Waals surface area contributed by atoms with Crippen molar-refractivity contribution in [3.8, 4) is 0 Å². The molecule has 1 nitrogen and oxygen atoms in total. The van der Waals surface area contributed by atoms with E-state index in [1.807, 2.05) is 0 Å². The zero-order valence-electron chi connectivity index (χ0n) is 11.5. The molecule has 0 radical (unpaired) electrons. The van der Waals surface area contributed by atoms with E-state index < -0.39 is 4.59 Å². The summed E-state index contributed by atoms with van der Waals surface area (Å²) in [5.74, 6) is 2.01. The Bertz CT molecular complexity index is 386. The van der Waals surface area contributed by atoms with Gasteiger partial charge in [-0.3, -0.25) is 5.50 Å². The maximum atomic E-state index is 6.69. The van der Waals surface area contributed by atoms with Crippen LogP contribution in [-0.2, 0) is 11.8 Å². The highest BCUT2D eigenvalue weighted by Gasteiger charge is 2.51. The summed E-state index contributed by atoms with van der Waals surface area (Å²) in [4.78, 5) is 0. The lowest BCUT2D eigenvalue weighted by Gasteiger charge is -2.35. The molecule has 0 aliphatic heterocycles. The van der Waals surface area contributed by atoms with Crippen molar-refractivity contribution < 1.29 is 0 Å². The van der Waals surface area contributed by atoms with Crippen LogP contribution in [0.1, 0.15) is 64.2 Å². The molecule has 0 saturated heterocycles. The Kier molecular flexibility index (Phi) is 3.41. The number of rotatable bonds is 4. The summed E-state index contributed by atoms with van der Waals surface area (Å²) in [7, 11) is 0. The first-order valence-corrected chi connectivity index (χ1v) is 13.5. The van der Waals surface area contributed by atoms with E-state index in [0.29, 0.717) is 9.49 Å². The molecule has 19 heavy (non-hydrogen) atoms. The molecule has 5 heteroatoms. The Morgan fingerprint density at radius 3 is 1.47 bits per heavy atom. The van der Waals surface area contributed by atoms with Gasteiger partial charge in [-0.1, -0.05) is 34.6 Å². The van der Waals surface area contributed by atoms with Crippen molar-refractivity contribution in [2.24, 2.45) is 17.3 Å². The summed E-state index contributed by atoms with van der Waals surface area (Å²) in [6, 6.07) is 0. The Morgan fingerprint density at radius 1 is 0.842 bits per heavy atom. The van der Waals surface area contributed by atoms with Crippen LogP contribution in [0.4, 0.5) is 0 Å². The lowest BCUT2D eigenvalue weighted by atomic mass is 10.0. The molecular weight excluding hydrogens is 309 g/mol. The van der Waals surface area contributed by atoms with Gasteiger partial charge in [0.2, 0.25) is 0 Å². The molecular formula is C14H24NPS3. The highest BCUT2D eigenvalue weighted by Crippen LogP contribution is 2.78. The smallest absolute Gasteiger partial charge is 0.116 e. The van der Waals surface area contributed by atoms with Gasteiger partial charge in [-0.2, -0.15) is 0 Å². The average molecular weight is 334 g/mol. The molecule has 4 saturated carbocycles. The van der Waals surface area contributed by atoms with Crippen LogP contribution in [0.15, 0.2) is 0 Å². The minimum absolute atomic E-state index is 0.509. The third-order valence-electron chi connectivity index (χ3n) is 6.00. The largest absolute Gasteiger partial charge is 0.287 e. The van der Waals surface area contributed by atoms with Crippen LogP contribution in [0.25, 0.3) is 0 Å². The molecule has 108 valence electrons. The molecule has 4 bridgehead atoms. The van der Waals surface area contributed by atoms with Gasteiger partial charge >= 0.3 is 0 Å². The monoisotopic (exact) mass is 333 g/mol. The normalized spacial score (nSPS) is 50.8. The molecule has 0 unspecified atom stereocenters. The van der Waals surface area contributed by atoms with Crippen molar-refractivity contribution in [3.05, 3.63) is 0 Å². The minimum atomic E-state index is -1.73. The second-order valence-corrected chi connectivity index (χ2v) is 18.9. The first-order chi connectivity index (χ1) is 8.99. The summed E-state index contributed by atoms with van der Waals surface area (Å²) in [6.07, 6.45) is 14.2. The topological polar surface area (TPSA) is 26.0 Å². The van der Waals surface area contributed by atoms with Crippen LogP contribution in [-0.4, -0.2) is 9.49 Å². The Balaban J connectivity index is 1.46. The van der Waals surface area contributed by atoms with Crippen molar-refractivity contribution in [1.29, 1.82) is 0 Å². The fourth-order valence-corrected chi connectivity index (χ4v) is 18.6. The molecule has 2 N–H and O–H groups in total. The highest BCUT2D eigenvalue weighted by molar-refractivity contribution is 9.00. The maximum absolute atomic E-state index is 6.69. The molecule has 0 amide bonds. The molecule has 0 aromatic rings. The molecule has 4 rings (SSSR count). The molecule has 0 atom stereocenters. The second-order valence-electron chi connectivity index (χ2n) is 7.38. The van der Waals surface area contributed by atoms with Crippen LogP contribution in [0.5, 0.6) is 0 Å². The molecule has 0 heterocycles. The van der Waals surface area contributed by atoms with Crippen LogP contribution >= 0.6 is 27.4 Å². The molecule has 4 fully saturated rings. The van der Waals surface area contributed by atoms with E-state index in [1.54, 1.807) is 0 Å². The van der Waals surface area contributed by atoms with Gasteiger partial charge in [0, 0.05) is 9.49 Å². The van der Waals surface area contributed by atoms with E-state index in [0.717, 1.165) is 11.8 Å². The summed E-state index contributed by atoms with van der Waals surface area (Å²) in [6.45, 7) is 0. The van der Waals surface area contributed by atoms with Gasteiger partial charge in [0.25, 0.3) is 0 Å². The molecule has 0 spiro atoms. The number of nitrogens with two attached hydrogens (primary N) is 1. The first-order valence-electron chi connectivity index (χ1n) is 7.78. The van der Waals surface area contributed by atoms with Crippen LogP contribution in [0, 0.1) is 11.8 Å². The average Bonchev–Trinajstić information content (AvgIpc) is 3.05. The van der Waals surface area contributed by atoms with Crippen molar-refractivity contribution in [2.75, 3.05) is 0 Å². The van der Waals surface area contributed by atoms with Gasteiger partial charge in [0.1, 0.15) is 4.59 Å². The molecule has 4 aliphatic rings. The lowest BCUT2D eigenvalue weighted by Crippen LogP contribution is -2.21. The number of hydrogen-bond acceptors (Lipinski definition) is 3. The summed E-state index contributed by atoms with van der Waals surface area (Å²) in [5, 5.41) is 0. The van der Waals surface area contributed by atoms with Gasteiger partial charge in [-0.05, 0) is 76.0 Å². The zero-order valence-corrected chi connectivity index (χ0v) is 14.8. The summed E-state index contributed by atoms with van der Waals surface area (Å²) in [5.41, 5.74) is 6.69. The summed E-state index contributed by atoms with van der Waals surface area (Å²) >= 11 is 10.1. The van der Waals surface area contributed by atoms with E-state index in [-0.39, 0.29) is 0 Å². The number of fused-ring (bicyclic) bond motifs is 4. The van der Waals surface area contributed by atoms with E-state index in [1.165, 1.54) is 64.2 Å².